The summed E-state index contributed by atoms with van der Waals surface area (Å²) in [4.78, 5) is 26.0. The molecule has 1 fully saturated rings. The molecule has 0 saturated carbocycles. The third-order valence-electron chi connectivity index (χ3n) is 4.19. The van der Waals surface area contributed by atoms with Crippen LogP contribution in [0, 0.1) is 12.3 Å². The number of piperidine rings is 1. The van der Waals surface area contributed by atoms with E-state index in [-0.39, 0.29) is 5.91 Å². The number of rotatable bonds is 2. The average molecular weight is 354 g/mol. The van der Waals surface area contributed by atoms with Gasteiger partial charge in [-0.25, -0.2) is 4.79 Å². The van der Waals surface area contributed by atoms with Crippen molar-refractivity contribution in [3.05, 3.63) is 33.8 Å². The average Bonchev–Trinajstić information content (AvgIpc) is 2.36. The highest BCUT2D eigenvalue weighted by Gasteiger charge is 2.44. The number of benzene rings is 1. The number of halogens is 1. The zero-order valence-electron chi connectivity index (χ0n) is 12.5. The van der Waals surface area contributed by atoms with Gasteiger partial charge in [-0.3, -0.25) is 4.79 Å². The van der Waals surface area contributed by atoms with Crippen molar-refractivity contribution in [2.45, 2.75) is 39.7 Å². The predicted octanol–water partition coefficient (Wildman–Crippen LogP) is 3.47. The Morgan fingerprint density at radius 2 is 2.05 bits per heavy atom. The van der Waals surface area contributed by atoms with Gasteiger partial charge in [-0.2, -0.15) is 0 Å². The van der Waals surface area contributed by atoms with E-state index in [2.05, 4.69) is 15.9 Å². The fourth-order valence-electron chi connectivity index (χ4n) is 3.10. The minimum atomic E-state index is -0.928. The normalized spacial score (nSPS) is 21.1. The number of aryl methyl sites for hydroxylation is 1. The molecule has 0 bridgehead atoms. The molecule has 1 aliphatic rings. The maximum Gasteiger partial charge on any atom is 0.326 e. The summed E-state index contributed by atoms with van der Waals surface area (Å²) in [6.07, 6.45) is 1.64. The van der Waals surface area contributed by atoms with Crippen molar-refractivity contribution in [1.82, 2.24) is 4.90 Å². The molecule has 1 aromatic rings. The van der Waals surface area contributed by atoms with Crippen molar-refractivity contribution >= 4 is 27.8 Å². The molecule has 1 saturated heterocycles. The lowest BCUT2D eigenvalue weighted by Gasteiger charge is -2.44. The second-order valence-electron chi connectivity index (χ2n) is 6.29. The van der Waals surface area contributed by atoms with Gasteiger partial charge in [0, 0.05) is 16.6 Å². The second kappa shape index (κ2) is 5.79. The van der Waals surface area contributed by atoms with Crippen molar-refractivity contribution in [2.75, 3.05) is 6.54 Å². The molecule has 1 aromatic carbocycles. The molecule has 1 atom stereocenters. The first-order valence-electron chi connectivity index (χ1n) is 7.04. The van der Waals surface area contributed by atoms with Crippen molar-refractivity contribution in [3.8, 4) is 0 Å². The minimum absolute atomic E-state index is 0.194. The molecule has 1 aliphatic heterocycles. The number of carboxylic acids is 1. The van der Waals surface area contributed by atoms with Gasteiger partial charge in [0.05, 0.1) is 0 Å². The first-order chi connectivity index (χ1) is 9.74. The molecule has 0 radical (unpaired) electrons. The molecular formula is C16H20BrNO3. The topological polar surface area (TPSA) is 57.6 Å². The molecule has 0 aromatic heterocycles. The lowest BCUT2D eigenvalue weighted by molar-refractivity contribution is -0.148. The number of amides is 1. The Bertz CT molecular complexity index is 583. The largest absolute Gasteiger partial charge is 0.480 e. The first-order valence-corrected chi connectivity index (χ1v) is 7.83. The molecule has 0 aliphatic carbocycles. The van der Waals surface area contributed by atoms with Crippen molar-refractivity contribution < 1.29 is 14.7 Å². The number of hydrogen-bond acceptors (Lipinski definition) is 2. The van der Waals surface area contributed by atoms with E-state index in [0.717, 1.165) is 22.9 Å². The highest BCUT2D eigenvalue weighted by Crippen LogP contribution is 2.36. The van der Waals surface area contributed by atoms with Gasteiger partial charge >= 0.3 is 5.97 Å². The molecular weight excluding hydrogens is 334 g/mol. The van der Waals surface area contributed by atoms with Gasteiger partial charge in [-0.05, 0) is 48.9 Å². The van der Waals surface area contributed by atoms with Gasteiger partial charge in [0.25, 0.3) is 5.91 Å². The quantitative estimate of drug-likeness (QED) is 0.885. The zero-order valence-corrected chi connectivity index (χ0v) is 14.1. The maximum atomic E-state index is 12.8. The van der Waals surface area contributed by atoms with E-state index >= 15 is 0 Å². The first kappa shape index (κ1) is 16.0. The maximum absolute atomic E-state index is 12.8. The molecule has 21 heavy (non-hydrogen) atoms. The van der Waals surface area contributed by atoms with Gasteiger partial charge in [-0.1, -0.05) is 29.8 Å². The number of hydrogen-bond donors (Lipinski definition) is 1. The van der Waals surface area contributed by atoms with Crippen LogP contribution < -0.4 is 0 Å². The van der Waals surface area contributed by atoms with Crippen molar-refractivity contribution in [1.29, 1.82) is 0 Å². The molecule has 1 N–H and O–H groups in total. The number of carbonyl (C=O) groups excluding carboxylic acids is 1. The van der Waals surface area contributed by atoms with E-state index in [4.69, 9.17) is 0 Å². The van der Waals surface area contributed by atoms with Gasteiger partial charge in [0.1, 0.15) is 6.04 Å². The Balaban J connectivity index is 2.38. The van der Waals surface area contributed by atoms with E-state index in [1.54, 1.807) is 6.07 Å². The summed E-state index contributed by atoms with van der Waals surface area (Å²) in [5.74, 6) is -1.12. The Hall–Kier alpha value is -1.36. The van der Waals surface area contributed by atoms with Crippen LogP contribution in [0.1, 0.15) is 42.6 Å². The Kier molecular flexibility index (Phi) is 4.42. The van der Waals surface area contributed by atoms with Gasteiger partial charge in [-0.15, -0.1) is 0 Å². The third-order valence-corrected chi connectivity index (χ3v) is 4.68. The Morgan fingerprint density at radius 3 is 2.62 bits per heavy atom. The van der Waals surface area contributed by atoms with Crippen LogP contribution in [-0.2, 0) is 4.79 Å². The number of nitrogens with zero attached hydrogens (tertiary/aromatic N) is 1. The van der Waals surface area contributed by atoms with Crippen molar-refractivity contribution in [2.24, 2.45) is 5.41 Å². The van der Waals surface area contributed by atoms with Gasteiger partial charge in [0.15, 0.2) is 0 Å². The summed E-state index contributed by atoms with van der Waals surface area (Å²) in [5, 5.41) is 9.55. The lowest BCUT2D eigenvalue weighted by Crippen LogP contribution is -2.56. The lowest BCUT2D eigenvalue weighted by atomic mass is 9.76. The number of aliphatic carboxylic acids is 1. The standard InChI is InChI=1S/C16H20BrNO3/c1-10-9-11(17)5-6-12(10)14(19)18-8-4-7-16(2,3)13(18)15(20)21/h5-6,9,13H,4,7-8H2,1-3H3,(H,20,21). The summed E-state index contributed by atoms with van der Waals surface area (Å²) in [6, 6.07) is 4.66. The number of carbonyl (C=O) groups is 2. The summed E-state index contributed by atoms with van der Waals surface area (Å²) < 4.78 is 0.908. The Labute approximate surface area is 133 Å². The molecule has 1 unspecified atom stereocenters. The molecule has 4 nitrogen and oxygen atoms in total. The second-order valence-corrected chi connectivity index (χ2v) is 7.21. The summed E-state index contributed by atoms with van der Waals surface area (Å²) >= 11 is 3.38. The van der Waals surface area contributed by atoms with E-state index in [1.807, 2.05) is 32.9 Å². The molecule has 2 rings (SSSR count). The fraction of sp³-hybridized carbons (Fsp3) is 0.500. The Morgan fingerprint density at radius 1 is 1.38 bits per heavy atom. The smallest absolute Gasteiger partial charge is 0.326 e. The van der Waals surface area contributed by atoms with E-state index in [9.17, 15) is 14.7 Å². The number of likely N-dealkylation sites (tertiary alicyclic amines) is 1. The van der Waals surface area contributed by atoms with Crippen LogP contribution in [0.15, 0.2) is 22.7 Å². The summed E-state index contributed by atoms with van der Waals surface area (Å²) in [6.45, 7) is 6.19. The van der Waals surface area contributed by atoms with Crippen LogP contribution in [-0.4, -0.2) is 34.5 Å². The van der Waals surface area contributed by atoms with Crippen molar-refractivity contribution in [3.63, 3.8) is 0 Å². The van der Waals surface area contributed by atoms with Crippen LogP contribution in [0.4, 0.5) is 0 Å². The molecule has 0 spiro atoms. The highest BCUT2D eigenvalue weighted by atomic mass is 79.9. The fourth-order valence-corrected chi connectivity index (χ4v) is 3.58. The monoisotopic (exact) mass is 353 g/mol. The van der Waals surface area contributed by atoms with E-state index in [1.165, 1.54) is 4.90 Å². The zero-order chi connectivity index (χ0) is 15.8. The molecule has 5 heteroatoms. The number of carboxylic acid groups (broad SMARTS) is 1. The summed E-state index contributed by atoms with van der Waals surface area (Å²) in [7, 11) is 0. The minimum Gasteiger partial charge on any atom is -0.480 e. The van der Waals surface area contributed by atoms with Crippen LogP contribution in [0.5, 0.6) is 0 Å². The highest BCUT2D eigenvalue weighted by molar-refractivity contribution is 9.10. The predicted molar refractivity (Wildman–Crippen MR) is 84.4 cm³/mol. The van der Waals surface area contributed by atoms with Crippen LogP contribution in [0.2, 0.25) is 0 Å². The SMILES string of the molecule is Cc1cc(Br)ccc1C(=O)N1CCCC(C)(C)C1C(=O)O. The molecule has 1 amide bonds. The van der Waals surface area contributed by atoms with E-state index in [0.29, 0.717) is 12.1 Å². The van der Waals surface area contributed by atoms with Crippen LogP contribution >= 0.6 is 15.9 Å². The van der Waals surface area contributed by atoms with E-state index < -0.39 is 17.4 Å². The van der Waals surface area contributed by atoms with Crippen LogP contribution in [0.3, 0.4) is 0 Å². The van der Waals surface area contributed by atoms with Gasteiger partial charge < -0.3 is 10.0 Å². The third kappa shape index (κ3) is 3.12. The molecule has 1 heterocycles. The van der Waals surface area contributed by atoms with Gasteiger partial charge in [0.2, 0.25) is 0 Å². The molecule has 114 valence electrons. The van der Waals surface area contributed by atoms with Crippen LogP contribution in [0.25, 0.3) is 0 Å². The summed E-state index contributed by atoms with van der Waals surface area (Å²) in [5.41, 5.74) is 1.01.